The maximum Gasteiger partial charge on any atom is 0.216 e. The summed E-state index contributed by atoms with van der Waals surface area (Å²) in [4.78, 5) is 4.29. The van der Waals surface area contributed by atoms with Crippen molar-refractivity contribution < 1.29 is 13.2 Å². The summed E-state index contributed by atoms with van der Waals surface area (Å²) in [6, 6.07) is 0.253. The van der Waals surface area contributed by atoms with Crippen LogP contribution in [0.15, 0.2) is 4.99 Å². The summed E-state index contributed by atoms with van der Waals surface area (Å²) in [5, 5.41) is 6.25. The van der Waals surface area contributed by atoms with Crippen molar-refractivity contribution in [1.29, 1.82) is 0 Å². The Morgan fingerprint density at radius 1 is 1.35 bits per heavy atom. The summed E-state index contributed by atoms with van der Waals surface area (Å²) in [5.41, 5.74) is 0. The van der Waals surface area contributed by atoms with Crippen molar-refractivity contribution in [2.24, 2.45) is 4.99 Å². The molecule has 0 aliphatic carbocycles. The Bertz CT molecular complexity index is 403. The Morgan fingerprint density at radius 3 is 2.55 bits per heavy atom. The molecular formula is C12H26N4O3S. The zero-order valence-corrected chi connectivity index (χ0v) is 13.4. The van der Waals surface area contributed by atoms with Crippen molar-refractivity contribution in [3.05, 3.63) is 0 Å². The van der Waals surface area contributed by atoms with E-state index in [-0.39, 0.29) is 18.3 Å². The monoisotopic (exact) mass is 306 g/mol. The predicted octanol–water partition coefficient (Wildman–Crippen LogP) is -0.388. The summed E-state index contributed by atoms with van der Waals surface area (Å²) in [7, 11) is -3.23. The van der Waals surface area contributed by atoms with E-state index in [1.807, 2.05) is 20.8 Å². The summed E-state index contributed by atoms with van der Waals surface area (Å²) in [5.74, 6) is 0.682. The van der Waals surface area contributed by atoms with E-state index in [1.165, 1.54) is 4.31 Å². The molecule has 8 heteroatoms. The first-order valence-corrected chi connectivity index (χ1v) is 8.67. The molecule has 7 nitrogen and oxygen atoms in total. The van der Waals surface area contributed by atoms with Gasteiger partial charge in [0.05, 0.1) is 25.5 Å². The molecule has 1 aliphatic heterocycles. The number of hydrogen-bond acceptors (Lipinski definition) is 4. The number of aliphatic imine (C=N–C) groups is 1. The van der Waals surface area contributed by atoms with Crippen molar-refractivity contribution in [2.75, 3.05) is 45.1 Å². The van der Waals surface area contributed by atoms with Crippen LogP contribution < -0.4 is 10.6 Å². The number of morpholine rings is 1. The molecule has 118 valence electrons. The minimum atomic E-state index is -3.23. The minimum Gasteiger partial charge on any atom is -0.379 e. The number of guanidine groups is 1. The second kappa shape index (κ2) is 8.43. The van der Waals surface area contributed by atoms with Gasteiger partial charge in [-0.25, -0.2) is 8.42 Å². The SMILES string of the molecule is CCNC(=NCCS(=O)(=O)N1CCOCC1)NC(C)C. The highest BCUT2D eigenvalue weighted by atomic mass is 32.2. The number of nitrogens with one attached hydrogen (secondary N) is 2. The van der Waals surface area contributed by atoms with Crippen LogP contribution in [-0.2, 0) is 14.8 Å². The van der Waals surface area contributed by atoms with Crippen LogP contribution in [0.1, 0.15) is 20.8 Å². The molecular weight excluding hydrogens is 280 g/mol. The lowest BCUT2D eigenvalue weighted by Gasteiger charge is -2.25. The Hall–Kier alpha value is -0.860. The van der Waals surface area contributed by atoms with Crippen LogP contribution in [0.3, 0.4) is 0 Å². The van der Waals surface area contributed by atoms with Gasteiger partial charge in [0.15, 0.2) is 5.96 Å². The van der Waals surface area contributed by atoms with E-state index in [1.54, 1.807) is 0 Å². The lowest BCUT2D eigenvalue weighted by molar-refractivity contribution is 0.0731. The highest BCUT2D eigenvalue weighted by Gasteiger charge is 2.23. The smallest absolute Gasteiger partial charge is 0.216 e. The van der Waals surface area contributed by atoms with Crippen molar-refractivity contribution in [3.63, 3.8) is 0 Å². The fraction of sp³-hybridized carbons (Fsp3) is 0.917. The second-order valence-electron chi connectivity index (χ2n) is 4.89. The quantitative estimate of drug-likeness (QED) is 0.516. The Kier molecular flexibility index (Phi) is 7.25. The molecule has 0 radical (unpaired) electrons. The third-order valence-electron chi connectivity index (χ3n) is 2.75. The van der Waals surface area contributed by atoms with E-state index in [0.29, 0.717) is 32.3 Å². The lowest BCUT2D eigenvalue weighted by atomic mass is 10.4. The molecule has 0 saturated carbocycles. The molecule has 0 aromatic heterocycles. The highest BCUT2D eigenvalue weighted by molar-refractivity contribution is 7.89. The van der Waals surface area contributed by atoms with Gasteiger partial charge in [-0.05, 0) is 20.8 Å². The van der Waals surface area contributed by atoms with Gasteiger partial charge in [0, 0.05) is 25.7 Å². The van der Waals surface area contributed by atoms with Crippen LogP contribution in [0.5, 0.6) is 0 Å². The van der Waals surface area contributed by atoms with Gasteiger partial charge >= 0.3 is 0 Å². The minimum absolute atomic E-state index is 0.0294. The van der Waals surface area contributed by atoms with E-state index in [2.05, 4.69) is 15.6 Å². The number of hydrogen-bond donors (Lipinski definition) is 2. The average Bonchev–Trinajstić information content (AvgIpc) is 2.39. The molecule has 1 heterocycles. The van der Waals surface area contributed by atoms with Gasteiger partial charge in [-0.2, -0.15) is 4.31 Å². The molecule has 0 unspecified atom stereocenters. The third kappa shape index (κ3) is 6.06. The van der Waals surface area contributed by atoms with Crippen LogP contribution in [-0.4, -0.2) is 69.9 Å². The summed E-state index contributed by atoms with van der Waals surface area (Å²) in [6.45, 7) is 8.82. The van der Waals surface area contributed by atoms with E-state index >= 15 is 0 Å². The molecule has 20 heavy (non-hydrogen) atoms. The largest absolute Gasteiger partial charge is 0.379 e. The zero-order valence-electron chi connectivity index (χ0n) is 12.6. The number of rotatable bonds is 6. The van der Waals surface area contributed by atoms with E-state index in [9.17, 15) is 8.42 Å². The fourth-order valence-electron chi connectivity index (χ4n) is 1.82. The van der Waals surface area contributed by atoms with Gasteiger partial charge < -0.3 is 15.4 Å². The van der Waals surface area contributed by atoms with Crippen LogP contribution in [0.25, 0.3) is 0 Å². The normalized spacial score (nSPS) is 18.3. The van der Waals surface area contributed by atoms with Gasteiger partial charge in [0.2, 0.25) is 10.0 Å². The number of nitrogens with zero attached hydrogens (tertiary/aromatic N) is 2. The van der Waals surface area contributed by atoms with Gasteiger partial charge in [0.25, 0.3) is 0 Å². The molecule has 0 bridgehead atoms. The van der Waals surface area contributed by atoms with Crippen molar-refractivity contribution in [3.8, 4) is 0 Å². The first-order chi connectivity index (χ1) is 9.45. The Morgan fingerprint density at radius 2 is 2.00 bits per heavy atom. The molecule has 1 rings (SSSR count). The first kappa shape index (κ1) is 17.2. The van der Waals surface area contributed by atoms with Crippen molar-refractivity contribution >= 4 is 16.0 Å². The van der Waals surface area contributed by atoms with Crippen LogP contribution in [0.4, 0.5) is 0 Å². The topological polar surface area (TPSA) is 83.0 Å². The first-order valence-electron chi connectivity index (χ1n) is 7.06. The molecule has 0 spiro atoms. The number of ether oxygens (including phenoxy) is 1. The lowest BCUT2D eigenvalue weighted by Crippen LogP contribution is -2.43. The average molecular weight is 306 g/mol. The molecule has 1 aliphatic rings. The summed E-state index contributed by atoms with van der Waals surface area (Å²) < 4.78 is 30.9. The maximum absolute atomic E-state index is 12.1. The van der Waals surface area contributed by atoms with Gasteiger partial charge in [0.1, 0.15) is 0 Å². The van der Waals surface area contributed by atoms with Crippen molar-refractivity contribution in [2.45, 2.75) is 26.8 Å². The molecule has 0 aromatic rings. The molecule has 0 atom stereocenters. The molecule has 0 aromatic carbocycles. The van der Waals surface area contributed by atoms with E-state index in [0.717, 1.165) is 6.54 Å². The van der Waals surface area contributed by atoms with Crippen LogP contribution in [0, 0.1) is 0 Å². The summed E-state index contributed by atoms with van der Waals surface area (Å²) in [6.07, 6.45) is 0. The number of sulfonamides is 1. The van der Waals surface area contributed by atoms with E-state index < -0.39 is 10.0 Å². The zero-order chi connectivity index (χ0) is 15.0. The molecule has 1 saturated heterocycles. The molecule has 0 amide bonds. The second-order valence-corrected chi connectivity index (χ2v) is 6.98. The molecule has 1 fully saturated rings. The van der Waals surface area contributed by atoms with E-state index in [4.69, 9.17) is 4.74 Å². The predicted molar refractivity (Wildman–Crippen MR) is 80.4 cm³/mol. The van der Waals surface area contributed by atoms with Crippen LogP contribution in [0.2, 0.25) is 0 Å². The van der Waals surface area contributed by atoms with Crippen molar-refractivity contribution in [1.82, 2.24) is 14.9 Å². The fourth-order valence-corrected chi connectivity index (χ4v) is 3.11. The third-order valence-corrected chi connectivity index (χ3v) is 4.60. The Labute approximate surface area is 121 Å². The van der Waals surface area contributed by atoms with Gasteiger partial charge in [-0.3, -0.25) is 4.99 Å². The summed E-state index contributed by atoms with van der Waals surface area (Å²) >= 11 is 0. The van der Waals surface area contributed by atoms with Gasteiger partial charge in [-0.15, -0.1) is 0 Å². The standard InChI is InChI=1S/C12H26N4O3S/c1-4-13-12(15-11(2)3)14-5-10-20(17,18)16-6-8-19-9-7-16/h11H,4-10H2,1-3H3,(H2,13,14,15). The molecule has 2 N–H and O–H groups in total. The highest BCUT2D eigenvalue weighted by Crippen LogP contribution is 2.05. The van der Waals surface area contributed by atoms with Gasteiger partial charge in [-0.1, -0.05) is 0 Å². The Balaban J connectivity index is 2.50. The maximum atomic E-state index is 12.1. The van der Waals surface area contributed by atoms with Crippen LogP contribution >= 0.6 is 0 Å².